The number of hydrogen-bond acceptors (Lipinski definition) is 5. The van der Waals surface area contributed by atoms with E-state index in [2.05, 4.69) is 20.7 Å². The Kier molecular flexibility index (Phi) is 5.01. The van der Waals surface area contributed by atoms with E-state index in [1.54, 1.807) is 29.1 Å². The highest BCUT2D eigenvalue weighted by atomic mass is 32.1. The van der Waals surface area contributed by atoms with E-state index in [1.807, 2.05) is 45.2 Å². The smallest absolute Gasteiger partial charge is 0.252 e. The molecule has 8 heteroatoms. The molecule has 0 aliphatic carbocycles. The summed E-state index contributed by atoms with van der Waals surface area (Å²) in [7, 11) is 1.80. The van der Waals surface area contributed by atoms with Gasteiger partial charge in [-0.25, -0.2) is 4.98 Å². The first-order valence-electron chi connectivity index (χ1n) is 8.63. The summed E-state index contributed by atoms with van der Waals surface area (Å²) in [5.41, 5.74) is 2.20. The van der Waals surface area contributed by atoms with Crippen LogP contribution in [0.1, 0.15) is 36.8 Å². The molecule has 0 aromatic carbocycles. The summed E-state index contributed by atoms with van der Waals surface area (Å²) >= 11 is 1.55. The van der Waals surface area contributed by atoms with Gasteiger partial charge in [-0.3, -0.25) is 14.3 Å². The molecule has 2 amide bonds. The molecule has 2 N–H and O–H groups in total. The van der Waals surface area contributed by atoms with Gasteiger partial charge < -0.3 is 10.6 Å². The number of pyridine rings is 1. The van der Waals surface area contributed by atoms with Crippen LogP contribution in [0.25, 0.3) is 21.6 Å². The van der Waals surface area contributed by atoms with Crippen LogP contribution in [-0.2, 0) is 11.8 Å². The van der Waals surface area contributed by atoms with E-state index in [-0.39, 0.29) is 23.9 Å². The zero-order valence-electron chi connectivity index (χ0n) is 16.1. The Hall–Kier alpha value is -2.74. The van der Waals surface area contributed by atoms with Gasteiger partial charge in [0.1, 0.15) is 0 Å². The molecule has 3 rings (SSSR count). The number of hydrogen-bond donors (Lipinski definition) is 2. The van der Waals surface area contributed by atoms with Gasteiger partial charge in [-0.1, -0.05) is 6.07 Å². The lowest BCUT2D eigenvalue weighted by atomic mass is 10.1. The molecular formula is C19H23N5O2S. The van der Waals surface area contributed by atoms with Gasteiger partial charge in [0.2, 0.25) is 5.91 Å². The number of amides is 2. The lowest BCUT2D eigenvalue weighted by molar-refractivity contribution is -0.121. The van der Waals surface area contributed by atoms with Crippen LogP contribution in [0.2, 0.25) is 0 Å². The zero-order chi connectivity index (χ0) is 19.8. The summed E-state index contributed by atoms with van der Waals surface area (Å²) in [5.74, 6) is -0.553. The third-order valence-electron chi connectivity index (χ3n) is 3.91. The second kappa shape index (κ2) is 7.11. The van der Waals surface area contributed by atoms with Crippen LogP contribution in [0.4, 0.5) is 0 Å². The van der Waals surface area contributed by atoms with E-state index in [0.717, 1.165) is 10.6 Å². The molecule has 0 saturated heterocycles. The first-order valence-corrected chi connectivity index (χ1v) is 9.51. The molecule has 0 bridgehead atoms. The first-order chi connectivity index (χ1) is 12.7. The Bertz CT molecular complexity index is 999. The molecule has 0 aliphatic heterocycles. The van der Waals surface area contributed by atoms with Crippen LogP contribution in [0, 0.1) is 6.92 Å². The van der Waals surface area contributed by atoms with Crippen molar-refractivity contribution in [3.8, 4) is 10.6 Å². The lowest BCUT2D eigenvalue weighted by Gasteiger charge is -2.20. The second-order valence-electron chi connectivity index (χ2n) is 7.42. The predicted molar refractivity (Wildman–Crippen MR) is 107 cm³/mol. The van der Waals surface area contributed by atoms with Crippen LogP contribution in [0.5, 0.6) is 0 Å². The van der Waals surface area contributed by atoms with E-state index >= 15 is 0 Å². The quantitative estimate of drug-likeness (QED) is 0.723. The number of nitrogens with zero attached hydrogens (tertiary/aromatic N) is 3. The van der Waals surface area contributed by atoms with Crippen molar-refractivity contribution in [3.05, 3.63) is 34.8 Å². The van der Waals surface area contributed by atoms with Crippen molar-refractivity contribution in [1.82, 2.24) is 25.4 Å². The number of carbonyl (C=O) groups is 2. The maximum atomic E-state index is 12.9. The van der Waals surface area contributed by atoms with Crippen molar-refractivity contribution >= 4 is 34.2 Å². The molecule has 0 aliphatic rings. The van der Waals surface area contributed by atoms with Gasteiger partial charge in [-0.15, -0.1) is 11.3 Å². The summed E-state index contributed by atoms with van der Waals surface area (Å²) in [6.07, 6.45) is 0. The third kappa shape index (κ3) is 4.16. The highest BCUT2D eigenvalue weighted by Gasteiger charge is 2.20. The minimum atomic E-state index is -0.349. The molecular weight excluding hydrogens is 362 g/mol. The van der Waals surface area contributed by atoms with Crippen LogP contribution in [0.15, 0.2) is 23.6 Å². The highest BCUT2D eigenvalue weighted by Crippen LogP contribution is 2.29. The van der Waals surface area contributed by atoms with Crippen molar-refractivity contribution in [2.75, 3.05) is 6.54 Å². The average molecular weight is 385 g/mol. The molecule has 3 aromatic rings. The molecule has 0 saturated carbocycles. The SMILES string of the molecule is Cc1nn(C)c2nc(-c3cccs3)cc(C(=O)NCC(=O)NC(C)(C)C)c12. The van der Waals surface area contributed by atoms with Gasteiger partial charge in [-0.05, 0) is 45.2 Å². The molecule has 7 nitrogen and oxygen atoms in total. The molecule has 0 spiro atoms. The molecule has 0 radical (unpaired) electrons. The minimum absolute atomic E-state index is 0.0897. The van der Waals surface area contributed by atoms with Gasteiger partial charge in [0.15, 0.2) is 5.65 Å². The van der Waals surface area contributed by atoms with Gasteiger partial charge >= 0.3 is 0 Å². The highest BCUT2D eigenvalue weighted by molar-refractivity contribution is 7.13. The van der Waals surface area contributed by atoms with Crippen molar-refractivity contribution < 1.29 is 9.59 Å². The fourth-order valence-corrected chi connectivity index (χ4v) is 3.58. The fourth-order valence-electron chi connectivity index (χ4n) is 2.89. The van der Waals surface area contributed by atoms with Crippen molar-refractivity contribution in [2.24, 2.45) is 7.05 Å². The maximum absolute atomic E-state index is 12.9. The Morgan fingerprint density at radius 2 is 2.04 bits per heavy atom. The van der Waals surface area contributed by atoms with Crippen LogP contribution in [-0.4, -0.2) is 38.7 Å². The summed E-state index contributed by atoms with van der Waals surface area (Å²) in [5, 5.41) is 12.6. The molecule has 3 aromatic heterocycles. The maximum Gasteiger partial charge on any atom is 0.252 e. The summed E-state index contributed by atoms with van der Waals surface area (Å²) in [6, 6.07) is 5.66. The van der Waals surface area contributed by atoms with E-state index in [9.17, 15) is 9.59 Å². The van der Waals surface area contributed by atoms with E-state index in [1.165, 1.54) is 0 Å². The number of rotatable bonds is 4. The van der Waals surface area contributed by atoms with Gasteiger partial charge in [0.25, 0.3) is 5.91 Å². The molecule has 27 heavy (non-hydrogen) atoms. The third-order valence-corrected chi connectivity index (χ3v) is 4.80. The summed E-state index contributed by atoms with van der Waals surface area (Å²) in [4.78, 5) is 30.5. The Labute approximate surface area is 161 Å². The number of nitrogens with one attached hydrogen (secondary N) is 2. The predicted octanol–water partition coefficient (Wildman–Crippen LogP) is 2.65. The number of aromatic nitrogens is 3. The van der Waals surface area contributed by atoms with Crippen molar-refractivity contribution in [2.45, 2.75) is 33.2 Å². The Morgan fingerprint density at radius 1 is 1.30 bits per heavy atom. The standard InChI is InChI=1S/C19H23N5O2S/c1-11-16-12(18(26)20-10-15(25)22-19(2,3)4)9-13(14-7-6-8-27-14)21-17(16)24(5)23-11/h6-9H,10H2,1-5H3,(H,20,26)(H,22,25). The van der Waals surface area contributed by atoms with Gasteiger partial charge in [-0.2, -0.15) is 5.10 Å². The first kappa shape index (κ1) is 19.0. The second-order valence-corrected chi connectivity index (χ2v) is 8.37. The topological polar surface area (TPSA) is 88.9 Å². The largest absolute Gasteiger partial charge is 0.350 e. The van der Waals surface area contributed by atoms with Gasteiger partial charge in [0, 0.05) is 12.6 Å². The average Bonchev–Trinajstić information content (AvgIpc) is 3.19. The molecule has 3 heterocycles. The van der Waals surface area contributed by atoms with E-state index in [0.29, 0.717) is 22.3 Å². The Morgan fingerprint density at radius 3 is 2.67 bits per heavy atom. The fraction of sp³-hybridized carbons (Fsp3) is 0.368. The minimum Gasteiger partial charge on any atom is -0.350 e. The number of fused-ring (bicyclic) bond motifs is 1. The van der Waals surface area contributed by atoms with E-state index in [4.69, 9.17) is 0 Å². The summed E-state index contributed by atoms with van der Waals surface area (Å²) in [6.45, 7) is 7.44. The summed E-state index contributed by atoms with van der Waals surface area (Å²) < 4.78 is 1.67. The van der Waals surface area contributed by atoms with Crippen molar-refractivity contribution in [3.63, 3.8) is 0 Å². The van der Waals surface area contributed by atoms with Crippen molar-refractivity contribution in [1.29, 1.82) is 0 Å². The normalized spacial score (nSPS) is 11.6. The van der Waals surface area contributed by atoms with Crippen LogP contribution >= 0.6 is 11.3 Å². The monoisotopic (exact) mass is 385 g/mol. The number of carbonyl (C=O) groups excluding carboxylic acids is 2. The number of thiophene rings is 1. The lowest BCUT2D eigenvalue weighted by Crippen LogP contribution is -2.45. The van der Waals surface area contributed by atoms with Crippen LogP contribution in [0.3, 0.4) is 0 Å². The molecule has 142 valence electrons. The molecule has 0 atom stereocenters. The Balaban J connectivity index is 1.95. The zero-order valence-corrected chi connectivity index (χ0v) is 16.9. The van der Waals surface area contributed by atoms with E-state index < -0.39 is 0 Å². The van der Waals surface area contributed by atoms with Crippen LogP contribution < -0.4 is 10.6 Å². The molecule has 0 unspecified atom stereocenters. The van der Waals surface area contributed by atoms with Gasteiger partial charge in [0.05, 0.1) is 33.8 Å². The number of aryl methyl sites for hydroxylation is 2. The molecule has 0 fully saturated rings.